The summed E-state index contributed by atoms with van der Waals surface area (Å²) in [5.41, 5.74) is 6.04. The fraction of sp³-hybridized carbons (Fsp3) is 0. The van der Waals surface area contributed by atoms with Gasteiger partial charge in [-0.1, -0.05) is 78.9 Å². The lowest BCUT2D eigenvalue weighted by Gasteiger charge is -1.88. The van der Waals surface area contributed by atoms with Gasteiger partial charge < -0.3 is 10.3 Å². The van der Waals surface area contributed by atoms with Crippen LogP contribution in [-0.4, -0.2) is 26.7 Å². The number of primary amides is 1. The van der Waals surface area contributed by atoms with E-state index in [-0.39, 0.29) is 5.56 Å². The zero-order chi connectivity index (χ0) is 19.2. The number of aromatic nitrogens is 4. The summed E-state index contributed by atoms with van der Waals surface area (Å²) in [6, 6.07) is 27.4. The van der Waals surface area contributed by atoms with Crippen molar-refractivity contribution in [3.63, 3.8) is 0 Å². The van der Waals surface area contributed by atoms with Crippen LogP contribution in [0.1, 0.15) is 10.4 Å². The van der Waals surface area contributed by atoms with Gasteiger partial charge in [-0.3, -0.25) is 4.79 Å². The Bertz CT molecular complexity index is 995. The van der Waals surface area contributed by atoms with Gasteiger partial charge in [-0.2, -0.15) is 0 Å². The molecule has 2 rings (SSSR count). The smallest absolute Gasteiger partial charge is 0.250 e. The summed E-state index contributed by atoms with van der Waals surface area (Å²) in [5, 5.41) is 13.9. The number of nitrogens with one attached hydrogen (secondary N) is 1. The summed E-state index contributed by atoms with van der Waals surface area (Å²) in [7, 11) is 0. The van der Waals surface area contributed by atoms with Crippen LogP contribution in [0.15, 0.2) is 102 Å². The number of hydrogen-bond donors (Lipinski definition) is 2. The lowest BCUT2D eigenvalue weighted by atomic mass is 10.2. The summed E-state index contributed by atoms with van der Waals surface area (Å²) in [6.45, 7) is 0. The fourth-order valence-electron chi connectivity index (χ4n) is 1.87. The highest BCUT2D eigenvalue weighted by Gasteiger charge is 1.94. The molecule has 0 aliphatic rings. The van der Waals surface area contributed by atoms with Gasteiger partial charge in [0, 0.05) is 5.39 Å². The van der Waals surface area contributed by atoms with E-state index in [1.165, 1.54) is 12.3 Å². The van der Waals surface area contributed by atoms with Gasteiger partial charge >= 0.3 is 0 Å². The van der Waals surface area contributed by atoms with Crippen LogP contribution in [0.25, 0.3) is 11.0 Å². The third-order valence-electron chi connectivity index (χ3n) is 3.13. The number of rotatable bonds is 1. The average molecular weight is 361 g/mol. The first-order valence-electron chi connectivity index (χ1n) is 8.06. The molecule has 0 radical (unpaired) electrons. The van der Waals surface area contributed by atoms with Crippen molar-refractivity contribution in [1.82, 2.24) is 20.8 Å². The Morgan fingerprint density at radius 2 is 1.37 bits per heavy atom. The molecule has 3 N–H and O–H groups in total. The molecule has 0 aliphatic carbocycles. The molecule has 0 fully saturated rings. The third-order valence-corrected chi connectivity index (χ3v) is 3.13. The van der Waals surface area contributed by atoms with Crippen LogP contribution >= 0.6 is 0 Å². The van der Waals surface area contributed by atoms with E-state index in [0.717, 1.165) is 5.39 Å². The summed E-state index contributed by atoms with van der Waals surface area (Å²) < 4.78 is 5.34. The van der Waals surface area contributed by atoms with E-state index in [1.807, 2.05) is 66.7 Å². The first-order valence-corrected chi connectivity index (χ1v) is 8.06. The highest BCUT2D eigenvalue weighted by atomic mass is 16.5. The Labute approximate surface area is 156 Å². The van der Waals surface area contributed by atoms with Gasteiger partial charge in [0.1, 0.15) is 0 Å². The quantitative estimate of drug-likeness (QED) is 0.807. The maximum absolute atomic E-state index is 11.4. The topological polar surface area (TPSA) is 111 Å². The second-order valence-corrected chi connectivity index (χ2v) is 5.05. The van der Waals surface area contributed by atoms with E-state index >= 15 is 0 Å². The van der Waals surface area contributed by atoms with Crippen LogP contribution in [0.3, 0.4) is 0 Å². The molecule has 7 nitrogen and oxygen atoms in total. The number of carbonyl (C=O) groups excluding carboxylic acids is 1. The largest absolute Gasteiger partial charge is 0.366 e. The van der Waals surface area contributed by atoms with Gasteiger partial charge in [0.2, 0.25) is 5.91 Å². The molecule has 0 saturated heterocycles. The van der Waals surface area contributed by atoms with E-state index < -0.39 is 5.91 Å². The Hall–Kier alpha value is -4.00. The molecule has 0 aliphatic heterocycles. The number of H-pyrrole nitrogens is 1. The van der Waals surface area contributed by atoms with Crippen LogP contribution in [-0.2, 0) is 0 Å². The third kappa shape index (κ3) is 7.61. The van der Waals surface area contributed by atoms with Crippen molar-refractivity contribution in [2.24, 2.45) is 5.73 Å². The highest BCUT2D eigenvalue weighted by molar-refractivity contribution is 5.92. The maximum atomic E-state index is 11.4. The molecule has 1 aromatic carbocycles. The molecule has 0 saturated carbocycles. The first-order chi connectivity index (χ1) is 13.3. The monoisotopic (exact) mass is 361 g/mol. The van der Waals surface area contributed by atoms with E-state index in [1.54, 1.807) is 18.2 Å². The molecule has 0 spiro atoms. The van der Waals surface area contributed by atoms with Crippen molar-refractivity contribution in [3.8, 4) is 0 Å². The molecule has 7 heteroatoms. The van der Waals surface area contributed by atoms with Crippen molar-refractivity contribution in [2.45, 2.75) is 0 Å². The number of fused-ring (bicyclic) bond motifs is 1. The zero-order valence-corrected chi connectivity index (χ0v) is 14.5. The van der Waals surface area contributed by atoms with Crippen molar-refractivity contribution in [3.05, 3.63) is 103 Å². The molecule has 0 unspecified atom stereocenters. The lowest BCUT2D eigenvalue weighted by Crippen LogP contribution is -2.10. The van der Waals surface area contributed by atoms with Gasteiger partial charge in [-0.15, -0.1) is 10.4 Å². The van der Waals surface area contributed by atoms with Crippen LogP contribution < -0.4 is 5.73 Å². The van der Waals surface area contributed by atoms with E-state index in [2.05, 4.69) is 20.8 Å². The number of amides is 1. The van der Waals surface area contributed by atoms with Gasteiger partial charge in [-0.05, 0) is 22.6 Å². The van der Waals surface area contributed by atoms with E-state index in [0.29, 0.717) is 5.58 Å². The second kappa shape index (κ2) is 11.5. The van der Waals surface area contributed by atoms with E-state index in [4.69, 9.17) is 10.3 Å². The molecule has 0 atom stereocenters. The van der Waals surface area contributed by atoms with Gasteiger partial charge in [0.15, 0.2) is 5.58 Å². The summed E-state index contributed by atoms with van der Waals surface area (Å²) >= 11 is 0. The number of aromatic amines is 1. The predicted octanol–water partition coefficient (Wildman–Crippen LogP) is 3.54. The van der Waals surface area contributed by atoms with Crippen LogP contribution in [0.4, 0.5) is 0 Å². The Morgan fingerprint density at radius 3 is 2.04 bits per heavy atom. The lowest BCUT2D eigenvalue weighted by molar-refractivity contribution is 0.1000. The predicted molar refractivity (Wildman–Crippen MR) is 103 cm³/mol. The van der Waals surface area contributed by atoms with Gasteiger partial charge in [-0.25, -0.2) is 0 Å². The van der Waals surface area contributed by atoms with Crippen molar-refractivity contribution < 1.29 is 9.32 Å². The standard InChI is InChI=1S/C20H19N5O2/c21-20(26)18-14-9-7-5-3-1-2-4-6-8-12-17-13-10-11-15-19(17)27-25-24-23-22-16-18/h1-16H,(H2,21,26)(H,23,25). The Kier molecular flexibility index (Phi) is 8.26. The van der Waals surface area contributed by atoms with Crippen molar-refractivity contribution in [1.29, 1.82) is 0 Å². The molecule has 1 amide bonds. The molecular formula is C20H19N5O2. The van der Waals surface area contributed by atoms with E-state index in [9.17, 15) is 4.79 Å². The highest BCUT2D eigenvalue weighted by Crippen LogP contribution is 2.07. The molecule has 0 bridgehead atoms. The Balaban J connectivity index is 2.57. The molecular weight excluding hydrogens is 342 g/mol. The zero-order valence-electron chi connectivity index (χ0n) is 14.5. The van der Waals surface area contributed by atoms with Crippen molar-refractivity contribution >= 4 is 16.9 Å². The minimum atomic E-state index is -0.625. The molecule has 1 heterocycles. The molecule has 27 heavy (non-hydrogen) atoms. The van der Waals surface area contributed by atoms with Gasteiger partial charge in [0.05, 0.1) is 11.8 Å². The number of nitrogens with two attached hydrogens (primary N) is 1. The van der Waals surface area contributed by atoms with Gasteiger partial charge in [0.25, 0.3) is 0 Å². The minimum absolute atomic E-state index is 0.183. The molecule has 136 valence electrons. The number of hydrogen-bond acceptors (Lipinski definition) is 5. The fourth-order valence-corrected chi connectivity index (χ4v) is 1.87. The molecule has 1 aromatic heterocycles. The second-order valence-electron chi connectivity index (χ2n) is 5.05. The number of para-hydroxylation sites is 1. The number of carbonyl (C=O) groups is 1. The SMILES string of the molecule is NC(=O)c1cccccccccccc2ccccc2o[nH]nnnc1. The number of benzene rings is 1. The van der Waals surface area contributed by atoms with Crippen LogP contribution in [0, 0.1) is 0 Å². The minimum Gasteiger partial charge on any atom is -0.366 e. The normalized spacial score (nSPS) is 9.04. The van der Waals surface area contributed by atoms with Crippen LogP contribution in [0.2, 0.25) is 0 Å². The summed E-state index contributed by atoms with van der Waals surface area (Å²) in [6.07, 6.45) is 1.21. The average Bonchev–Trinajstić information content (AvgIpc) is 2.66. The molecule has 2 aromatic rings. The first kappa shape index (κ1) is 19.3. The van der Waals surface area contributed by atoms with Crippen LogP contribution in [0.5, 0.6) is 0 Å². The summed E-state index contributed by atoms with van der Waals surface area (Å²) in [5.74, 6) is -0.625. The maximum Gasteiger partial charge on any atom is 0.250 e. The van der Waals surface area contributed by atoms with Crippen molar-refractivity contribution in [2.75, 3.05) is 0 Å². The Morgan fingerprint density at radius 1 is 0.815 bits per heavy atom. The number of nitrogens with zero attached hydrogens (tertiary/aromatic N) is 3. The summed E-state index contributed by atoms with van der Waals surface area (Å²) in [4.78, 5) is 11.4.